The number of hydrogen-bond donors (Lipinski definition) is 1. The maximum Gasteiger partial charge on any atom is 0.418 e. The number of carbonyl (C=O) groups excluding carboxylic acids is 1. The summed E-state index contributed by atoms with van der Waals surface area (Å²) >= 11 is 5.23. The molecule has 2 aromatic carbocycles. The van der Waals surface area contributed by atoms with Crippen molar-refractivity contribution in [2.75, 3.05) is 18.5 Å². The van der Waals surface area contributed by atoms with Gasteiger partial charge in [-0.25, -0.2) is 23.2 Å². The molecule has 2 N–H and O–H groups in total. The molecule has 1 aromatic heterocycles. The van der Waals surface area contributed by atoms with Gasteiger partial charge in [0.1, 0.15) is 22.4 Å². The molecule has 3 aromatic rings. The molecule has 0 aliphatic rings. The molecular weight excluding hydrogens is 617 g/mol. The molecular formula is C22H18BrF3N4O4S3. The van der Waals surface area contributed by atoms with Gasteiger partial charge in [-0.2, -0.15) is 17.5 Å². The molecule has 0 spiro atoms. The zero-order chi connectivity index (χ0) is 27.4. The summed E-state index contributed by atoms with van der Waals surface area (Å²) in [6, 6.07) is 10.5. The summed E-state index contributed by atoms with van der Waals surface area (Å²) in [5.74, 6) is -1.07. The molecule has 8 nitrogen and oxygen atoms in total. The van der Waals surface area contributed by atoms with Gasteiger partial charge in [-0.1, -0.05) is 24.3 Å². The number of aromatic nitrogens is 2. The van der Waals surface area contributed by atoms with Gasteiger partial charge in [0.25, 0.3) is 0 Å². The second-order valence-electron chi connectivity index (χ2n) is 7.26. The first-order valence-electron chi connectivity index (χ1n) is 10.0. The predicted octanol–water partition coefficient (Wildman–Crippen LogP) is 5.18. The van der Waals surface area contributed by atoms with E-state index in [4.69, 9.17) is 10.5 Å². The molecule has 0 fully saturated rings. The summed E-state index contributed by atoms with van der Waals surface area (Å²) in [5.41, 5.74) is 4.16. The van der Waals surface area contributed by atoms with Crippen LogP contribution in [0.4, 0.5) is 18.9 Å². The number of nitrogens with zero attached hydrogens (tertiary/aromatic N) is 3. The molecule has 0 atom stereocenters. The van der Waals surface area contributed by atoms with Crippen LogP contribution in [0.5, 0.6) is 0 Å². The first kappa shape index (κ1) is 28.8. The van der Waals surface area contributed by atoms with Gasteiger partial charge in [0, 0.05) is 11.8 Å². The van der Waals surface area contributed by atoms with E-state index in [0.29, 0.717) is 5.56 Å². The number of carbonyl (C=O) groups is 1. The van der Waals surface area contributed by atoms with Crippen LogP contribution in [0.15, 0.2) is 68.6 Å². The maximum atomic E-state index is 13.6. The number of para-hydroxylation sites is 1. The molecule has 0 saturated heterocycles. The standard InChI is InChI=1S/C22H18BrF3N4O4S3/c1-35-11-34-21(31)17(27)16(23)18(28-15-9-4-3-8-14(15)22(24,25)26)19-29-20(36-30-19)12-6-5-7-13(10-12)37(2,32)33/h3-10H,11,27H2,1-2H3. The van der Waals surface area contributed by atoms with E-state index >= 15 is 0 Å². The molecule has 0 amide bonds. The Bertz CT molecular complexity index is 1490. The first-order chi connectivity index (χ1) is 17.3. The highest BCUT2D eigenvalue weighted by Gasteiger charge is 2.34. The largest absolute Gasteiger partial charge is 0.450 e. The minimum absolute atomic E-state index is 0.00102. The van der Waals surface area contributed by atoms with Gasteiger partial charge >= 0.3 is 12.1 Å². The van der Waals surface area contributed by atoms with E-state index in [9.17, 15) is 26.4 Å². The smallest absolute Gasteiger partial charge is 0.418 e. The fraction of sp³-hybridized carbons (Fsp3) is 0.182. The van der Waals surface area contributed by atoms with Crippen molar-refractivity contribution >= 4 is 66.4 Å². The van der Waals surface area contributed by atoms with E-state index < -0.39 is 38.9 Å². The van der Waals surface area contributed by atoms with E-state index in [1.54, 1.807) is 12.3 Å². The van der Waals surface area contributed by atoms with Crippen LogP contribution in [0.25, 0.3) is 10.6 Å². The number of nitrogens with two attached hydrogens (primary N) is 1. The van der Waals surface area contributed by atoms with Crippen molar-refractivity contribution in [3.63, 3.8) is 0 Å². The second-order valence-corrected chi connectivity index (χ2v) is 11.6. The summed E-state index contributed by atoms with van der Waals surface area (Å²) in [5, 5.41) is 0.265. The summed E-state index contributed by atoms with van der Waals surface area (Å²) in [4.78, 5) is 20.9. The number of alkyl halides is 3. The lowest BCUT2D eigenvalue weighted by molar-refractivity contribution is -0.137. The minimum Gasteiger partial charge on any atom is -0.450 e. The molecule has 196 valence electrons. The summed E-state index contributed by atoms with van der Waals surface area (Å²) < 4.78 is 73.7. The van der Waals surface area contributed by atoms with Crippen LogP contribution in [0, 0.1) is 0 Å². The van der Waals surface area contributed by atoms with E-state index in [2.05, 4.69) is 30.3 Å². The van der Waals surface area contributed by atoms with Gasteiger partial charge in [-0.05, 0) is 58.0 Å². The van der Waals surface area contributed by atoms with Gasteiger partial charge in [-0.3, -0.25) is 0 Å². The molecule has 37 heavy (non-hydrogen) atoms. The van der Waals surface area contributed by atoms with E-state index in [1.807, 2.05) is 0 Å². The fourth-order valence-electron chi connectivity index (χ4n) is 2.83. The molecule has 0 saturated carbocycles. The summed E-state index contributed by atoms with van der Waals surface area (Å²) in [7, 11) is -3.50. The number of rotatable bonds is 8. The third-order valence-corrected chi connectivity index (χ3v) is 7.59. The van der Waals surface area contributed by atoms with Crippen molar-refractivity contribution < 1.29 is 31.1 Å². The molecule has 0 bridgehead atoms. The summed E-state index contributed by atoms with van der Waals surface area (Å²) in [6.07, 6.45) is -1.96. The Hall–Kier alpha value is -2.75. The van der Waals surface area contributed by atoms with Crippen molar-refractivity contribution in [2.45, 2.75) is 11.1 Å². The van der Waals surface area contributed by atoms with E-state index in [1.165, 1.54) is 42.1 Å². The van der Waals surface area contributed by atoms with Crippen LogP contribution in [0.1, 0.15) is 11.4 Å². The average molecular weight is 636 g/mol. The van der Waals surface area contributed by atoms with Gasteiger partial charge in [0.15, 0.2) is 15.7 Å². The number of sulfone groups is 1. The van der Waals surface area contributed by atoms with Crippen LogP contribution in [0.3, 0.4) is 0 Å². The normalized spacial score (nSPS) is 13.3. The highest BCUT2D eigenvalue weighted by atomic mass is 79.9. The summed E-state index contributed by atoms with van der Waals surface area (Å²) in [6.45, 7) is 0. The van der Waals surface area contributed by atoms with Crippen molar-refractivity contribution in [3.05, 3.63) is 70.1 Å². The lowest BCUT2D eigenvalue weighted by Crippen LogP contribution is -2.19. The SMILES string of the molecule is CSCOC(=O)C(N)=C(Br)C(=Nc1ccccc1C(F)(F)F)c1nsc(-c2cccc(S(C)(=O)=O)c2)n1. The zero-order valence-electron chi connectivity index (χ0n) is 19.1. The third kappa shape index (κ3) is 7.18. The van der Waals surface area contributed by atoms with Gasteiger partial charge in [-0.15, -0.1) is 11.8 Å². The Morgan fingerprint density at radius 3 is 2.57 bits per heavy atom. The van der Waals surface area contributed by atoms with E-state index in [-0.39, 0.29) is 31.9 Å². The number of thioether (sulfide) groups is 1. The Kier molecular flexibility index (Phi) is 9.15. The Balaban J connectivity index is 2.19. The molecule has 0 aliphatic carbocycles. The topological polar surface area (TPSA) is 125 Å². The Labute approximate surface area is 227 Å². The van der Waals surface area contributed by atoms with Crippen molar-refractivity contribution in [3.8, 4) is 10.6 Å². The van der Waals surface area contributed by atoms with Gasteiger partial charge in [0.05, 0.1) is 20.6 Å². The average Bonchev–Trinajstić information content (AvgIpc) is 3.34. The van der Waals surface area contributed by atoms with Crippen LogP contribution in [-0.2, 0) is 25.5 Å². The van der Waals surface area contributed by atoms with Crippen molar-refractivity contribution in [1.29, 1.82) is 0 Å². The van der Waals surface area contributed by atoms with Crippen LogP contribution >= 0.6 is 39.2 Å². The number of allylic oxidation sites excluding steroid dienone is 1. The van der Waals surface area contributed by atoms with Gasteiger partial charge in [0.2, 0.25) is 0 Å². The van der Waals surface area contributed by atoms with Crippen LogP contribution < -0.4 is 5.73 Å². The molecule has 0 aliphatic heterocycles. The minimum atomic E-state index is -4.71. The number of benzene rings is 2. The Morgan fingerprint density at radius 2 is 1.92 bits per heavy atom. The first-order valence-corrected chi connectivity index (χ1v) is 14.9. The van der Waals surface area contributed by atoms with E-state index in [0.717, 1.165) is 29.9 Å². The van der Waals surface area contributed by atoms with Crippen molar-refractivity contribution in [1.82, 2.24) is 9.36 Å². The highest BCUT2D eigenvalue weighted by Crippen LogP contribution is 2.37. The second kappa shape index (κ2) is 11.8. The predicted molar refractivity (Wildman–Crippen MR) is 141 cm³/mol. The number of halogens is 4. The fourth-order valence-corrected chi connectivity index (χ4v) is 4.81. The monoisotopic (exact) mass is 634 g/mol. The number of aliphatic imine (C=N–C) groups is 1. The molecule has 1 heterocycles. The highest BCUT2D eigenvalue weighted by molar-refractivity contribution is 9.12. The Morgan fingerprint density at radius 1 is 1.22 bits per heavy atom. The molecule has 15 heteroatoms. The van der Waals surface area contributed by atoms with Crippen molar-refractivity contribution in [2.24, 2.45) is 10.7 Å². The van der Waals surface area contributed by atoms with Crippen LogP contribution in [0.2, 0.25) is 0 Å². The zero-order valence-corrected chi connectivity index (χ0v) is 23.1. The molecule has 0 unspecified atom stereocenters. The molecule has 3 rings (SSSR count). The van der Waals surface area contributed by atoms with Crippen LogP contribution in [-0.4, -0.2) is 47.9 Å². The lowest BCUT2D eigenvalue weighted by atomic mass is 10.1. The number of hydrogen-bond acceptors (Lipinski definition) is 10. The lowest BCUT2D eigenvalue weighted by Gasteiger charge is -2.11. The number of ether oxygens (including phenoxy) is 1. The quantitative estimate of drug-likeness (QED) is 0.156. The van der Waals surface area contributed by atoms with Gasteiger partial charge < -0.3 is 10.5 Å². The maximum absolute atomic E-state index is 13.6. The third-order valence-electron chi connectivity index (χ3n) is 4.56. The molecule has 0 radical (unpaired) electrons. The number of esters is 1.